The van der Waals surface area contributed by atoms with Crippen LogP contribution in [0.15, 0.2) is 24.3 Å². The molecule has 2 rings (SSSR count). The van der Waals surface area contributed by atoms with Crippen molar-refractivity contribution in [1.29, 1.82) is 0 Å². The molecule has 19 heavy (non-hydrogen) atoms. The van der Waals surface area contributed by atoms with Gasteiger partial charge in [-0.2, -0.15) is 0 Å². The number of para-hydroxylation sites is 1. The number of nitrogens with one attached hydrogen (secondary N) is 1. The Morgan fingerprint density at radius 1 is 1.26 bits per heavy atom. The van der Waals surface area contributed by atoms with Crippen LogP contribution in [0, 0.1) is 0 Å². The SMILES string of the molecule is COc1ccccc1[C@H](C)NC1COC(C)(C)OC1. The maximum Gasteiger partial charge on any atom is 0.162 e. The fourth-order valence-electron chi connectivity index (χ4n) is 2.26. The third-order valence-corrected chi connectivity index (χ3v) is 3.36. The molecule has 1 aromatic rings. The molecule has 1 aliphatic heterocycles. The van der Waals surface area contributed by atoms with Gasteiger partial charge < -0.3 is 19.5 Å². The summed E-state index contributed by atoms with van der Waals surface area (Å²) in [5.74, 6) is 0.437. The standard InChI is InChI=1S/C15H23NO3/c1-11(13-7-5-6-8-14(13)17-4)16-12-9-18-15(2,3)19-10-12/h5-8,11-12,16H,9-10H2,1-4H3/t11-/m0/s1. The van der Waals surface area contributed by atoms with Gasteiger partial charge in [-0.15, -0.1) is 0 Å². The lowest BCUT2D eigenvalue weighted by molar-refractivity contribution is -0.253. The van der Waals surface area contributed by atoms with Crippen molar-refractivity contribution in [3.63, 3.8) is 0 Å². The Labute approximate surface area is 115 Å². The van der Waals surface area contributed by atoms with Crippen LogP contribution in [0.5, 0.6) is 5.75 Å². The van der Waals surface area contributed by atoms with Crippen LogP contribution in [0.1, 0.15) is 32.4 Å². The van der Waals surface area contributed by atoms with Crippen molar-refractivity contribution in [3.05, 3.63) is 29.8 Å². The number of ether oxygens (including phenoxy) is 3. The average molecular weight is 265 g/mol. The molecule has 1 N–H and O–H groups in total. The van der Waals surface area contributed by atoms with Gasteiger partial charge in [0.15, 0.2) is 5.79 Å². The zero-order valence-corrected chi connectivity index (χ0v) is 12.1. The Kier molecular flexibility index (Phi) is 4.45. The molecule has 4 heteroatoms. The van der Waals surface area contributed by atoms with Crippen LogP contribution in [0.2, 0.25) is 0 Å². The molecule has 1 aliphatic rings. The van der Waals surface area contributed by atoms with Gasteiger partial charge in [0.05, 0.1) is 26.4 Å². The molecule has 0 amide bonds. The van der Waals surface area contributed by atoms with Crippen LogP contribution in [-0.2, 0) is 9.47 Å². The molecule has 1 heterocycles. The van der Waals surface area contributed by atoms with Crippen molar-refractivity contribution >= 4 is 0 Å². The Balaban J connectivity index is 1.96. The van der Waals surface area contributed by atoms with E-state index in [1.165, 1.54) is 0 Å². The average Bonchev–Trinajstić information content (AvgIpc) is 2.41. The van der Waals surface area contributed by atoms with E-state index in [4.69, 9.17) is 14.2 Å². The monoisotopic (exact) mass is 265 g/mol. The van der Waals surface area contributed by atoms with Gasteiger partial charge >= 0.3 is 0 Å². The van der Waals surface area contributed by atoms with Crippen molar-refractivity contribution < 1.29 is 14.2 Å². The summed E-state index contributed by atoms with van der Waals surface area (Å²) in [5.41, 5.74) is 1.15. The first-order chi connectivity index (χ1) is 9.02. The number of hydrogen-bond acceptors (Lipinski definition) is 4. The Hall–Kier alpha value is -1.10. The van der Waals surface area contributed by atoms with Gasteiger partial charge in [0.1, 0.15) is 5.75 Å². The summed E-state index contributed by atoms with van der Waals surface area (Å²) in [4.78, 5) is 0. The minimum Gasteiger partial charge on any atom is -0.496 e. The second kappa shape index (κ2) is 5.90. The molecule has 1 fully saturated rings. The lowest BCUT2D eigenvalue weighted by Crippen LogP contribution is -2.49. The molecule has 0 unspecified atom stereocenters. The molecule has 4 nitrogen and oxygen atoms in total. The van der Waals surface area contributed by atoms with Crippen molar-refractivity contribution in [3.8, 4) is 5.75 Å². The quantitative estimate of drug-likeness (QED) is 0.908. The molecular formula is C15H23NO3. The molecule has 0 spiro atoms. The molecule has 0 saturated carbocycles. The molecule has 1 atom stereocenters. The normalized spacial score (nSPS) is 21.1. The van der Waals surface area contributed by atoms with Crippen LogP contribution < -0.4 is 10.1 Å². The van der Waals surface area contributed by atoms with E-state index in [1.54, 1.807) is 7.11 Å². The van der Waals surface area contributed by atoms with Crippen LogP contribution in [0.3, 0.4) is 0 Å². The van der Waals surface area contributed by atoms with Crippen molar-refractivity contribution in [1.82, 2.24) is 5.32 Å². The number of benzene rings is 1. The minimum atomic E-state index is -0.466. The maximum absolute atomic E-state index is 5.66. The number of hydrogen-bond donors (Lipinski definition) is 1. The summed E-state index contributed by atoms with van der Waals surface area (Å²) >= 11 is 0. The highest BCUT2D eigenvalue weighted by Gasteiger charge is 2.29. The zero-order valence-electron chi connectivity index (χ0n) is 12.1. The lowest BCUT2D eigenvalue weighted by Gasteiger charge is -2.36. The number of methoxy groups -OCH3 is 1. The van der Waals surface area contributed by atoms with E-state index in [0.717, 1.165) is 11.3 Å². The largest absolute Gasteiger partial charge is 0.496 e. The van der Waals surface area contributed by atoms with Crippen molar-refractivity contribution in [2.45, 2.75) is 38.6 Å². The molecule has 0 aliphatic carbocycles. The Bertz CT molecular complexity index is 410. The molecule has 0 aromatic heterocycles. The van der Waals surface area contributed by atoms with Gasteiger partial charge in [0, 0.05) is 11.6 Å². The van der Waals surface area contributed by atoms with Crippen molar-refractivity contribution in [2.75, 3.05) is 20.3 Å². The van der Waals surface area contributed by atoms with Gasteiger partial charge in [-0.3, -0.25) is 0 Å². The van der Waals surface area contributed by atoms with Gasteiger partial charge in [-0.25, -0.2) is 0 Å². The van der Waals surface area contributed by atoms with Crippen LogP contribution in [0.4, 0.5) is 0 Å². The predicted octanol–water partition coefficient (Wildman–Crippen LogP) is 2.50. The van der Waals surface area contributed by atoms with E-state index in [2.05, 4.69) is 18.3 Å². The summed E-state index contributed by atoms with van der Waals surface area (Å²) in [5, 5.41) is 3.52. The van der Waals surface area contributed by atoms with E-state index < -0.39 is 5.79 Å². The van der Waals surface area contributed by atoms with Gasteiger partial charge in [0.2, 0.25) is 0 Å². The summed E-state index contributed by atoms with van der Waals surface area (Å²) in [6.45, 7) is 7.32. The Morgan fingerprint density at radius 3 is 2.53 bits per heavy atom. The highest BCUT2D eigenvalue weighted by Crippen LogP contribution is 2.25. The molecule has 0 bridgehead atoms. The topological polar surface area (TPSA) is 39.7 Å². The Morgan fingerprint density at radius 2 is 1.89 bits per heavy atom. The predicted molar refractivity (Wildman–Crippen MR) is 74.3 cm³/mol. The first kappa shape index (κ1) is 14.3. The highest BCUT2D eigenvalue weighted by atomic mass is 16.7. The minimum absolute atomic E-state index is 0.189. The van der Waals surface area contributed by atoms with Crippen LogP contribution >= 0.6 is 0 Å². The smallest absolute Gasteiger partial charge is 0.162 e. The molecule has 1 aromatic carbocycles. The fourth-order valence-corrected chi connectivity index (χ4v) is 2.26. The highest BCUT2D eigenvalue weighted by molar-refractivity contribution is 5.35. The second-order valence-electron chi connectivity index (χ2n) is 5.35. The summed E-state index contributed by atoms with van der Waals surface area (Å²) in [6, 6.07) is 8.44. The first-order valence-corrected chi connectivity index (χ1v) is 6.69. The maximum atomic E-state index is 5.66. The van der Waals surface area contributed by atoms with Gasteiger partial charge in [-0.1, -0.05) is 18.2 Å². The van der Waals surface area contributed by atoms with Crippen LogP contribution in [0.25, 0.3) is 0 Å². The third kappa shape index (κ3) is 3.69. The van der Waals surface area contributed by atoms with E-state index >= 15 is 0 Å². The molecule has 1 saturated heterocycles. The number of rotatable bonds is 4. The molecule has 106 valence electrons. The first-order valence-electron chi connectivity index (χ1n) is 6.69. The van der Waals surface area contributed by atoms with Crippen molar-refractivity contribution in [2.24, 2.45) is 0 Å². The molecule has 0 radical (unpaired) electrons. The summed E-state index contributed by atoms with van der Waals surface area (Å²) in [7, 11) is 1.70. The van der Waals surface area contributed by atoms with Gasteiger partial charge in [-0.05, 0) is 26.8 Å². The molecular weight excluding hydrogens is 242 g/mol. The van der Waals surface area contributed by atoms with Gasteiger partial charge in [0.25, 0.3) is 0 Å². The van der Waals surface area contributed by atoms with E-state index in [-0.39, 0.29) is 12.1 Å². The second-order valence-corrected chi connectivity index (χ2v) is 5.35. The van der Waals surface area contributed by atoms with E-state index in [0.29, 0.717) is 13.2 Å². The summed E-state index contributed by atoms with van der Waals surface area (Å²) in [6.07, 6.45) is 0. The zero-order chi connectivity index (χ0) is 13.9. The van der Waals surface area contributed by atoms with Crippen LogP contribution in [-0.4, -0.2) is 32.2 Å². The van der Waals surface area contributed by atoms with E-state index in [9.17, 15) is 0 Å². The van der Waals surface area contributed by atoms with E-state index in [1.807, 2.05) is 32.0 Å². The third-order valence-electron chi connectivity index (χ3n) is 3.36. The lowest BCUT2D eigenvalue weighted by atomic mass is 10.1. The summed E-state index contributed by atoms with van der Waals surface area (Å²) < 4.78 is 16.7. The fraction of sp³-hybridized carbons (Fsp3) is 0.600.